The second-order valence-corrected chi connectivity index (χ2v) is 4.31. The number of carbonyl (C=O) groups is 1. The molecular weight excluding hydrogens is 274 g/mol. The molecule has 8 heteroatoms. The number of rotatable bonds is 3. The highest BCUT2D eigenvalue weighted by molar-refractivity contribution is 5.94. The standard InChI is InChI=1S/C13H9N5O3/c19-13(8-3-5-9(6-4-8)18(20)21)15-12-10-2-1-7-14-11(10)16-17-12/h1-7,12H,(H,15,19)/t12-/m0/s1. The van der Waals surface area contributed by atoms with Crippen LogP contribution in [0.25, 0.3) is 0 Å². The molecule has 1 aliphatic rings. The SMILES string of the molecule is O=C(N[C@H]1N=Nc2ncccc21)c1ccc([N+](=O)[O-])cc1. The highest BCUT2D eigenvalue weighted by Crippen LogP contribution is 2.31. The van der Waals surface area contributed by atoms with Crippen LogP contribution in [0.5, 0.6) is 0 Å². The van der Waals surface area contributed by atoms with Gasteiger partial charge < -0.3 is 5.32 Å². The summed E-state index contributed by atoms with van der Waals surface area (Å²) in [7, 11) is 0. The second kappa shape index (κ2) is 5.08. The van der Waals surface area contributed by atoms with E-state index in [2.05, 4.69) is 20.5 Å². The Morgan fingerprint density at radius 1 is 1.24 bits per heavy atom. The second-order valence-electron chi connectivity index (χ2n) is 4.31. The fourth-order valence-corrected chi connectivity index (χ4v) is 1.93. The molecule has 104 valence electrons. The number of pyridine rings is 1. The molecule has 0 radical (unpaired) electrons. The minimum Gasteiger partial charge on any atom is -0.325 e. The van der Waals surface area contributed by atoms with Crippen molar-refractivity contribution in [2.75, 3.05) is 0 Å². The Hall–Kier alpha value is -3.16. The number of azo groups is 1. The Kier molecular flexibility index (Phi) is 3.11. The molecule has 0 spiro atoms. The number of non-ortho nitro benzene ring substituents is 1. The number of hydrogen-bond acceptors (Lipinski definition) is 6. The quantitative estimate of drug-likeness (QED) is 0.689. The van der Waals surface area contributed by atoms with Crippen LogP contribution in [-0.2, 0) is 0 Å². The summed E-state index contributed by atoms with van der Waals surface area (Å²) in [5.41, 5.74) is 0.961. The molecule has 0 aliphatic carbocycles. The van der Waals surface area contributed by atoms with Gasteiger partial charge in [0.25, 0.3) is 11.6 Å². The average molecular weight is 283 g/mol. The van der Waals surface area contributed by atoms with Crippen molar-refractivity contribution in [3.8, 4) is 0 Å². The molecule has 8 nitrogen and oxygen atoms in total. The molecule has 0 fully saturated rings. The predicted octanol–water partition coefficient (Wildman–Crippen LogP) is 2.52. The molecule has 0 bridgehead atoms. The Morgan fingerprint density at radius 3 is 2.71 bits per heavy atom. The summed E-state index contributed by atoms with van der Waals surface area (Å²) >= 11 is 0. The molecule has 2 aromatic rings. The van der Waals surface area contributed by atoms with Gasteiger partial charge >= 0.3 is 0 Å². The van der Waals surface area contributed by atoms with Crippen molar-refractivity contribution in [1.82, 2.24) is 10.3 Å². The zero-order valence-corrected chi connectivity index (χ0v) is 10.6. The van der Waals surface area contributed by atoms with E-state index in [4.69, 9.17) is 0 Å². The molecule has 3 rings (SSSR count). The first kappa shape index (κ1) is 12.9. The van der Waals surface area contributed by atoms with Crippen molar-refractivity contribution < 1.29 is 9.72 Å². The zero-order valence-electron chi connectivity index (χ0n) is 10.6. The first-order chi connectivity index (χ1) is 10.1. The van der Waals surface area contributed by atoms with Crippen LogP contribution in [0.3, 0.4) is 0 Å². The maximum absolute atomic E-state index is 12.1. The number of fused-ring (bicyclic) bond motifs is 1. The fourth-order valence-electron chi connectivity index (χ4n) is 1.93. The number of nitro benzene ring substituents is 1. The summed E-state index contributed by atoms with van der Waals surface area (Å²) in [6, 6.07) is 8.86. The molecule has 1 N–H and O–H groups in total. The van der Waals surface area contributed by atoms with Gasteiger partial charge in [-0.05, 0) is 24.3 Å². The molecule has 0 saturated carbocycles. The molecular formula is C13H9N5O3. The lowest BCUT2D eigenvalue weighted by Gasteiger charge is -2.10. The monoisotopic (exact) mass is 283 g/mol. The summed E-state index contributed by atoms with van der Waals surface area (Å²) in [5, 5.41) is 21.1. The third kappa shape index (κ3) is 2.46. The minimum atomic E-state index is -0.587. The van der Waals surface area contributed by atoms with E-state index in [1.807, 2.05) is 0 Å². The van der Waals surface area contributed by atoms with E-state index < -0.39 is 11.1 Å². The molecule has 2 heterocycles. The summed E-state index contributed by atoms with van der Waals surface area (Å²) in [4.78, 5) is 26.2. The van der Waals surface area contributed by atoms with Crippen LogP contribution >= 0.6 is 0 Å². The first-order valence-electron chi connectivity index (χ1n) is 6.06. The van der Waals surface area contributed by atoms with Gasteiger partial charge in [-0.15, -0.1) is 5.11 Å². The van der Waals surface area contributed by atoms with Gasteiger partial charge in [-0.3, -0.25) is 14.9 Å². The lowest BCUT2D eigenvalue weighted by atomic mass is 10.1. The van der Waals surface area contributed by atoms with Gasteiger partial charge in [0.2, 0.25) is 0 Å². The van der Waals surface area contributed by atoms with Gasteiger partial charge in [-0.2, -0.15) is 5.11 Å². The largest absolute Gasteiger partial charge is 0.325 e. The maximum Gasteiger partial charge on any atom is 0.269 e. The van der Waals surface area contributed by atoms with Gasteiger partial charge in [0.1, 0.15) is 0 Å². The summed E-state index contributed by atoms with van der Waals surface area (Å²) in [5.74, 6) is 0.0945. The Labute approximate surface area is 118 Å². The highest BCUT2D eigenvalue weighted by atomic mass is 16.6. The number of benzene rings is 1. The smallest absolute Gasteiger partial charge is 0.269 e. The van der Waals surface area contributed by atoms with E-state index >= 15 is 0 Å². The maximum atomic E-state index is 12.1. The van der Waals surface area contributed by atoms with Crippen LogP contribution in [0.2, 0.25) is 0 Å². The number of aromatic nitrogens is 1. The van der Waals surface area contributed by atoms with Crippen molar-refractivity contribution in [3.63, 3.8) is 0 Å². The van der Waals surface area contributed by atoms with Gasteiger partial charge in [-0.1, -0.05) is 0 Å². The van der Waals surface area contributed by atoms with E-state index in [1.54, 1.807) is 18.3 Å². The summed E-state index contributed by atoms with van der Waals surface area (Å²) in [6.07, 6.45) is 1.01. The Bertz CT molecular complexity index is 742. The lowest BCUT2D eigenvalue weighted by Crippen LogP contribution is -2.26. The van der Waals surface area contributed by atoms with Crippen molar-refractivity contribution in [2.45, 2.75) is 6.17 Å². The van der Waals surface area contributed by atoms with Crippen LogP contribution in [0.1, 0.15) is 22.1 Å². The predicted molar refractivity (Wildman–Crippen MR) is 72.1 cm³/mol. The van der Waals surface area contributed by atoms with Crippen molar-refractivity contribution in [1.29, 1.82) is 0 Å². The van der Waals surface area contributed by atoms with Gasteiger partial charge in [0.05, 0.1) is 4.92 Å². The molecule has 1 atom stereocenters. The summed E-state index contributed by atoms with van der Waals surface area (Å²) < 4.78 is 0. The minimum absolute atomic E-state index is 0.0679. The molecule has 1 aliphatic heterocycles. The number of amides is 1. The van der Waals surface area contributed by atoms with E-state index in [-0.39, 0.29) is 11.6 Å². The zero-order chi connectivity index (χ0) is 14.8. The van der Waals surface area contributed by atoms with Crippen molar-refractivity contribution in [2.24, 2.45) is 10.2 Å². The van der Waals surface area contributed by atoms with Crippen LogP contribution < -0.4 is 5.32 Å². The molecule has 1 amide bonds. The Morgan fingerprint density at radius 2 is 2.00 bits per heavy atom. The van der Waals surface area contributed by atoms with E-state index in [0.29, 0.717) is 16.9 Å². The van der Waals surface area contributed by atoms with E-state index in [9.17, 15) is 14.9 Å². The number of carbonyl (C=O) groups excluding carboxylic acids is 1. The number of hydrogen-bond donors (Lipinski definition) is 1. The van der Waals surface area contributed by atoms with Gasteiger partial charge in [0, 0.05) is 29.5 Å². The highest BCUT2D eigenvalue weighted by Gasteiger charge is 2.23. The van der Waals surface area contributed by atoms with Crippen molar-refractivity contribution >= 4 is 17.4 Å². The average Bonchev–Trinajstić information content (AvgIpc) is 2.91. The van der Waals surface area contributed by atoms with Gasteiger partial charge in [0.15, 0.2) is 12.0 Å². The van der Waals surface area contributed by atoms with E-state index in [0.717, 1.165) is 0 Å². The topological polar surface area (TPSA) is 110 Å². The fraction of sp³-hybridized carbons (Fsp3) is 0.0769. The number of nitro groups is 1. The first-order valence-corrected chi connectivity index (χ1v) is 6.06. The normalized spacial score (nSPS) is 15.5. The van der Waals surface area contributed by atoms with Crippen molar-refractivity contribution in [3.05, 3.63) is 63.8 Å². The van der Waals surface area contributed by atoms with Crippen LogP contribution in [0.15, 0.2) is 52.8 Å². The van der Waals surface area contributed by atoms with Crippen LogP contribution in [-0.4, -0.2) is 15.8 Å². The third-order valence-electron chi connectivity index (χ3n) is 2.99. The van der Waals surface area contributed by atoms with Crippen LogP contribution in [0, 0.1) is 10.1 Å². The molecule has 0 unspecified atom stereocenters. The summed E-state index contributed by atoms with van der Waals surface area (Å²) in [6.45, 7) is 0. The number of nitrogens with one attached hydrogen (secondary N) is 1. The molecule has 21 heavy (non-hydrogen) atoms. The Balaban J connectivity index is 1.76. The third-order valence-corrected chi connectivity index (χ3v) is 2.99. The van der Waals surface area contributed by atoms with Crippen LogP contribution in [0.4, 0.5) is 11.5 Å². The molecule has 1 aromatic heterocycles. The molecule has 1 aromatic carbocycles. The number of nitrogens with zero attached hydrogens (tertiary/aromatic N) is 4. The van der Waals surface area contributed by atoms with E-state index in [1.165, 1.54) is 24.3 Å². The van der Waals surface area contributed by atoms with Gasteiger partial charge in [-0.25, -0.2) is 4.98 Å². The lowest BCUT2D eigenvalue weighted by molar-refractivity contribution is -0.384. The molecule has 0 saturated heterocycles.